The zero-order valence-electron chi connectivity index (χ0n) is 15.4. The summed E-state index contributed by atoms with van der Waals surface area (Å²) in [4.78, 5) is 0. The van der Waals surface area contributed by atoms with Gasteiger partial charge in [-0.3, -0.25) is 0 Å². The number of aromatic nitrogens is 1. The van der Waals surface area contributed by atoms with Gasteiger partial charge in [-0.2, -0.15) is 0 Å². The van der Waals surface area contributed by atoms with Crippen molar-refractivity contribution in [3.8, 4) is 22.4 Å². The molecule has 0 fully saturated rings. The number of fused-ring (bicyclic) bond motifs is 7. The lowest BCUT2D eigenvalue weighted by Gasteiger charge is -2.27. The summed E-state index contributed by atoms with van der Waals surface area (Å²) >= 11 is 0. The van der Waals surface area contributed by atoms with Crippen LogP contribution in [0.15, 0.2) is 84.9 Å². The average molecular weight is 347 g/mol. The summed E-state index contributed by atoms with van der Waals surface area (Å²) in [5.41, 5.74) is 9.90. The van der Waals surface area contributed by atoms with Crippen LogP contribution in [0.3, 0.4) is 0 Å². The van der Waals surface area contributed by atoms with E-state index in [9.17, 15) is 0 Å². The molecule has 0 aliphatic heterocycles. The van der Waals surface area contributed by atoms with E-state index in [1.54, 1.807) is 0 Å². The first-order valence-electron chi connectivity index (χ1n) is 9.73. The van der Waals surface area contributed by atoms with Gasteiger partial charge in [0.25, 0.3) is 0 Å². The number of aryl methyl sites for hydroxylation is 1. The number of para-hydroxylation sites is 1. The van der Waals surface area contributed by atoms with Crippen molar-refractivity contribution in [3.05, 3.63) is 96.1 Å². The smallest absolute Gasteiger partial charge is 0.0533 e. The second-order valence-corrected chi connectivity index (χ2v) is 7.89. The number of allylic oxidation sites excluding steroid dienone is 2. The SMILES string of the molecule is Cn1c2c(c3ccccc31)C1(CC=CC1)c1cc(-c3ccccc3)ccc1-2. The Labute approximate surface area is 159 Å². The Morgan fingerprint density at radius 2 is 1.52 bits per heavy atom. The molecule has 1 spiro atoms. The standard InChI is InChI=1S/C26H21N/c1-27-23-12-6-5-11-21(23)24-25(27)20-14-13-19(18-9-3-2-4-10-18)17-22(20)26(24)15-7-8-16-26/h2-14,17H,15-16H2,1H3. The third-order valence-corrected chi connectivity index (χ3v) is 6.58. The molecular weight excluding hydrogens is 326 g/mol. The molecule has 0 bridgehead atoms. The van der Waals surface area contributed by atoms with Gasteiger partial charge >= 0.3 is 0 Å². The summed E-state index contributed by atoms with van der Waals surface area (Å²) in [6, 6.07) is 26.7. The molecule has 4 aromatic rings. The molecule has 0 saturated carbocycles. The number of hydrogen-bond donors (Lipinski definition) is 0. The molecule has 0 amide bonds. The molecule has 0 atom stereocenters. The zero-order valence-corrected chi connectivity index (χ0v) is 15.4. The van der Waals surface area contributed by atoms with Crippen molar-refractivity contribution < 1.29 is 0 Å². The average Bonchev–Trinajstić information content (AvgIpc) is 3.40. The van der Waals surface area contributed by atoms with Gasteiger partial charge in [0, 0.05) is 28.9 Å². The summed E-state index contributed by atoms with van der Waals surface area (Å²) in [5, 5.41) is 1.41. The predicted octanol–water partition coefficient (Wildman–Crippen LogP) is 6.46. The van der Waals surface area contributed by atoms with Crippen LogP contribution in [-0.2, 0) is 12.5 Å². The van der Waals surface area contributed by atoms with E-state index in [4.69, 9.17) is 0 Å². The molecule has 1 heterocycles. The Bertz CT molecular complexity index is 1220. The van der Waals surface area contributed by atoms with Crippen molar-refractivity contribution in [1.82, 2.24) is 4.57 Å². The van der Waals surface area contributed by atoms with Crippen molar-refractivity contribution in [2.45, 2.75) is 18.3 Å². The topological polar surface area (TPSA) is 4.93 Å². The molecule has 27 heavy (non-hydrogen) atoms. The predicted molar refractivity (Wildman–Crippen MR) is 113 cm³/mol. The van der Waals surface area contributed by atoms with E-state index in [2.05, 4.69) is 96.6 Å². The minimum atomic E-state index is 0.0936. The van der Waals surface area contributed by atoms with Gasteiger partial charge in [-0.1, -0.05) is 72.8 Å². The van der Waals surface area contributed by atoms with Crippen molar-refractivity contribution in [2.24, 2.45) is 7.05 Å². The van der Waals surface area contributed by atoms with Gasteiger partial charge in [0.05, 0.1) is 5.69 Å². The van der Waals surface area contributed by atoms with Gasteiger partial charge in [0.2, 0.25) is 0 Å². The van der Waals surface area contributed by atoms with Gasteiger partial charge < -0.3 is 4.57 Å². The first kappa shape index (κ1) is 15.0. The van der Waals surface area contributed by atoms with Crippen LogP contribution in [0.4, 0.5) is 0 Å². The Hall–Kier alpha value is -3.06. The Balaban J connectivity index is 1.68. The molecule has 130 valence electrons. The fourth-order valence-corrected chi connectivity index (χ4v) is 5.36. The number of nitrogens with zero attached hydrogens (tertiary/aromatic N) is 1. The highest BCUT2D eigenvalue weighted by atomic mass is 15.0. The molecule has 0 N–H and O–H groups in total. The lowest BCUT2D eigenvalue weighted by Crippen LogP contribution is -2.21. The fourth-order valence-electron chi connectivity index (χ4n) is 5.36. The van der Waals surface area contributed by atoms with E-state index in [0.717, 1.165) is 12.8 Å². The molecule has 0 unspecified atom stereocenters. The van der Waals surface area contributed by atoms with E-state index in [0.29, 0.717) is 0 Å². The molecule has 6 rings (SSSR count). The van der Waals surface area contributed by atoms with Crippen LogP contribution in [0.5, 0.6) is 0 Å². The molecule has 1 nitrogen and oxygen atoms in total. The van der Waals surface area contributed by atoms with Crippen molar-refractivity contribution in [2.75, 3.05) is 0 Å². The molecule has 2 aliphatic rings. The van der Waals surface area contributed by atoms with E-state index >= 15 is 0 Å². The van der Waals surface area contributed by atoms with Crippen LogP contribution in [0.1, 0.15) is 24.0 Å². The van der Waals surface area contributed by atoms with Crippen LogP contribution in [0, 0.1) is 0 Å². The van der Waals surface area contributed by atoms with E-state index < -0.39 is 0 Å². The monoisotopic (exact) mass is 347 g/mol. The Morgan fingerprint density at radius 3 is 2.33 bits per heavy atom. The molecule has 1 heteroatoms. The maximum atomic E-state index is 2.45. The maximum Gasteiger partial charge on any atom is 0.0533 e. The lowest BCUT2D eigenvalue weighted by atomic mass is 9.75. The van der Waals surface area contributed by atoms with E-state index in [1.165, 1.54) is 44.4 Å². The summed E-state index contributed by atoms with van der Waals surface area (Å²) in [6.45, 7) is 0. The highest BCUT2D eigenvalue weighted by Crippen LogP contribution is 2.58. The van der Waals surface area contributed by atoms with Crippen LogP contribution in [0.25, 0.3) is 33.3 Å². The first-order valence-corrected chi connectivity index (χ1v) is 9.73. The number of hydrogen-bond acceptors (Lipinski definition) is 0. The van der Waals surface area contributed by atoms with Gasteiger partial charge in [0.15, 0.2) is 0 Å². The van der Waals surface area contributed by atoms with Crippen molar-refractivity contribution in [1.29, 1.82) is 0 Å². The molecule has 1 aromatic heterocycles. The quantitative estimate of drug-likeness (QED) is 0.348. The number of benzene rings is 3. The van der Waals surface area contributed by atoms with Gasteiger partial charge in [0.1, 0.15) is 0 Å². The van der Waals surface area contributed by atoms with Gasteiger partial charge in [-0.15, -0.1) is 0 Å². The highest BCUT2D eigenvalue weighted by molar-refractivity contribution is 5.98. The Kier molecular flexibility index (Phi) is 2.91. The molecule has 0 radical (unpaired) electrons. The molecule has 3 aromatic carbocycles. The largest absolute Gasteiger partial charge is 0.343 e. The summed E-state index contributed by atoms with van der Waals surface area (Å²) in [7, 11) is 2.22. The molecule has 2 aliphatic carbocycles. The van der Waals surface area contributed by atoms with E-state index in [1.807, 2.05) is 0 Å². The number of rotatable bonds is 1. The van der Waals surface area contributed by atoms with Crippen LogP contribution in [-0.4, -0.2) is 4.57 Å². The molecule has 0 saturated heterocycles. The molecular formula is C26H21N. The zero-order chi connectivity index (χ0) is 18.0. The highest BCUT2D eigenvalue weighted by Gasteiger charge is 2.46. The third-order valence-electron chi connectivity index (χ3n) is 6.58. The summed E-state index contributed by atoms with van der Waals surface area (Å²) in [6.07, 6.45) is 6.93. The fraction of sp³-hybridized carbons (Fsp3) is 0.154. The minimum absolute atomic E-state index is 0.0936. The minimum Gasteiger partial charge on any atom is -0.343 e. The lowest BCUT2D eigenvalue weighted by molar-refractivity contribution is 0.577. The van der Waals surface area contributed by atoms with Crippen LogP contribution >= 0.6 is 0 Å². The maximum absolute atomic E-state index is 2.45. The van der Waals surface area contributed by atoms with Gasteiger partial charge in [-0.25, -0.2) is 0 Å². The second-order valence-electron chi connectivity index (χ2n) is 7.89. The van der Waals surface area contributed by atoms with Gasteiger partial charge in [-0.05, 0) is 47.2 Å². The third kappa shape index (κ3) is 1.84. The summed E-state index contributed by atoms with van der Waals surface area (Å²) in [5.74, 6) is 0. The second kappa shape index (κ2) is 5.23. The van der Waals surface area contributed by atoms with E-state index in [-0.39, 0.29) is 5.41 Å². The normalized spacial score (nSPS) is 16.2. The van der Waals surface area contributed by atoms with Crippen LogP contribution in [0.2, 0.25) is 0 Å². The van der Waals surface area contributed by atoms with Crippen molar-refractivity contribution in [3.63, 3.8) is 0 Å². The Morgan fingerprint density at radius 1 is 0.778 bits per heavy atom. The van der Waals surface area contributed by atoms with Crippen molar-refractivity contribution >= 4 is 10.9 Å². The summed E-state index contributed by atoms with van der Waals surface area (Å²) < 4.78 is 2.40. The first-order chi connectivity index (χ1) is 13.3. The van der Waals surface area contributed by atoms with Crippen LogP contribution < -0.4 is 0 Å².